The van der Waals surface area contributed by atoms with Crippen molar-refractivity contribution < 1.29 is 0 Å². The van der Waals surface area contributed by atoms with Crippen LogP contribution in [0, 0.1) is 13.8 Å². The molecule has 4 nitrogen and oxygen atoms in total. The first kappa shape index (κ1) is 15.0. The normalized spacial score (nSPS) is 11.1. The van der Waals surface area contributed by atoms with Crippen LogP contribution in [-0.4, -0.2) is 31.4 Å². The molecule has 104 valence electrons. The minimum atomic E-state index is 0.823. The number of hydrogen-bond acceptors (Lipinski definition) is 6. The topological polar surface area (TPSA) is 51.6 Å². The van der Waals surface area contributed by atoms with Gasteiger partial charge in [0.15, 0.2) is 10.3 Å². The van der Waals surface area contributed by atoms with Crippen LogP contribution in [0.1, 0.15) is 11.4 Å². The van der Waals surface area contributed by atoms with Gasteiger partial charge in [-0.3, -0.25) is 0 Å². The van der Waals surface area contributed by atoms with Gasteiger partial charge in [0.05, 0.1) is 0 Å². The van der Waals surface area contributed by atoms with E-state index >= 15 is 0 Å². The van der Waals surface area contributed by atoms with Crippen molar-refractivity contribution in [1.29, 1.82) is 0 Å². The number of nitrogens with zero attached hydrogens (tertiary/aromatic N) is 4. The summed E-state index contributed by atoms with van der Waals surface area (Å²) in [6.45, 7) is 3.94. The fraction of sp³-hybridized carbons (Fsp3) is 0.286. The Balaban J connectivity index is 1.69. The summed E-state index contributed by atoms with van der Waals surface area (Å²) in [6, 6.07) is 3.80. The van der Waals surface area contributed by atoms with Gasteiger partial charge in [-0.05, 0) is 26.0 Å². The molecule has 0 radical (unpaired) electrons. The molecule has 0 aliphatic rings. The van der Waals surface area contributed by atoms with Crippen molar-refractivity contribution in [2.75, 3.05) is 11.5 Å². The summed E-state index contributed by atoms with van der Waals surface area (Å²) < 4.78 is 0. The first-order valence-electron chi connectivity index (χ1n) is 6.24. The average molecular weight is 304 g/mol. The molecule has 0 aliphatic carbocycles. The Kier molecular flexibility index (Phi) is 6.01. The maximum absolute atomic E-state index is 4.34. The Labute approximate surface area is 127 Å². The molecule has 2 rings (SSSR count). The monoisotopic (exact) mass is 304 g/mol. The van der Waals surface area contributed by atoms with E-state index in [2.05, 4.69) is 32.1 Å². The van der Waals surface area contributed by atoms with Crippen LogP contribution in [0.2, 0.25) is 0 Å². The third-order valence-electron chi connectivity index (χ3n) is 2.33. The van der Waals surface area contributed by atoms with Crippen molar-refractivity contribution in [3.8, 4) is 0 Å². The van der Waals surface area contributed by atoms with Crippen molar-refractivity contribution in [2.45, 2.75) is 24.2 Å². The van der Waals surface area contributed by atoms with Gasteiger partial charge >= 0.3 is 0 Å². The van der Waals surface area contributed by atoms with Gasteiger partial charge in [-0.15, -0.1) is 0 Å². The predicted octanol–water partition coefficient (Wildman–Crippen LogP) is 3.32. The summed E-state index contributed by atoms with van der Waals surface area (Å²) in [5.74, 6) is 1.75. The molecule has 2 aromatic rings. The van der Waals surface area contributed by atoms with Crippen LogP contribution in [0.3, 0.4) is 0 Å². The predicted molar refractivity (Wildman–Crippen MR) is 84.1 cm³/mol. The van der Waals surface area contributed by atoms with E-state index in [4.69, 9.17) is 0 Å². The van der Waals surface area contributed by atoms with Gasteiger partial charge in [-0.1, -0.05) is 35.7 Å². The van der Waals surface area contributed by atoms with E-state index < -0.39 is 0 Å². The number of thioether (sulfide) groups is 2. The smallest absolute Gasteiger partial charge is 0.188 e. The Hall–Kier alpha value is -1.40. The average Bonchev–Trinajstić information content (AvgIpc) is 2.43. The van der Waals surface area contributed by atoms with Crippen LogP contribution in [0.4, 0.5) is 0 Å². The molecule has 0 N–H and O–H groups in total. The number of hydrogen-bond donors (Lipinski definition) is 0. The van der Waals surface area contributed by atoms with E-state index in [-0.39, 0.29) is 0 Å². The lowest BCUT2D eigenvalue weighted by Gasteiger charge is -1.98. The third kappa shape index (κ3) is 5.30. The molecule has 0 amide bonds. The molecule has 0 saturated heterocycles. The van der Waals surface area contributed by atoms with Crippen LogP contribution in [0.15, 0.2) is 47.0 Å². The Morgan fingerprint density at radius 1 is 0.850 bits per heavy atom. The SMILES string of the molecule is Cc1ccnc(SC/C=C\CSc2nccc(C)n2)n1. The Morgan fingerprint density at radius 2 is 1.30 bits per heavy atom. The zero-order valence-corrected chi connectivity index (χ0v) is 13.1. The summed E-state index contributed by atoms with van der Waals surface area (Å²) in [6.07, 6.45) is 7.83. The third-order valence-corrected chi connectivity index (χ3v) is 3.96. The van der Waals surface area contributed by atoms with Crippen LogP contribution in [0.25, 0.3) is 0 Å². The molecule has 6 heteroatoms. The van der Waals surface area contributed by atoms with Gasteiger partial charge in [-0.25, -0.2) is 19.9 Å². The molecule has 0 spiro atoms. The lowest BCUT2D eigenvalue weighted by Crippen LogP contribution is -1.89. The van der Waals surface area contributed by atoms with Gasteiger partial charge in [-0.2, -0.15) is 0 Å². The standard InChI is InChI=1S/C14H16N4S2/c1-11-5-7-15-13(17-11)19-9-3-4-10-20-14-16-8-6-12(2)18-14/h3-8H,9-10H2,1-2H3/b4-3-. The van der Waals surface area contributed by atoms with E-state index in [0.717, 1.165) is 33.2 Å². The summed E-state index contributed by atoms with van der Waals surface area (Å²) >= 11 is 3.27. The van der Waals surface area contributed by atoms with Gasteiger partial charge in [0.1, 0.15) is 0 Å². The molecular weight excluding hydrogens is 288 g/mol. The minimum Gasteiger partial charge on any atom is -0.231 e. The lowest BCUT2D eigenvalue weighted by atomic mass is 10.5. The highest BCUT2D eigenvalue weighted by Crippen LogP contribution is 2.14. The molecular formula is C14H16N4S2. The van der Waals surface area contributed by atoms with E-state index in [1.54, 1.807) is 35.9 Å². The molecule has 0 aromatic carbocycles. The van der Waals surface area contributed by atoms with Crippen molar-refractivity contribution in [1.82, 2.24) is 19.9 Å². The first-order chi connectivity index (χ1) is 9.74. The maximum atomic E-state index is 4.34. The van der Waals surface area contributed by atoms with E-state index in [9.17, 15) is 0 Å². The Morgan fingerprint density at radius 3 is 1.70 bits per heavy atom. The van der Waals surface area contributed by atoms with Gasteiger partial charge < -0.3 is 0 Å². The van der Waals surface area contributed by atoms with Gasteiger partial charge in [0.25, 0.3) is 0 Å². The van der Waals surface area contributed by atoms with Crippen LogP contribution in [-0.2, 0) is 0 Å². The number of rotatable bonds is 6. The zero-order chi connectivity index (χ0) is 14.2. The zero-order valence-electron chi connectivity index (χ0n) is 11.5. The molecule has 2 heterocycles. The molecule has 0 fully saturated rings. The van der Waals surface area contributed by atoms with Crippen molar-refractivity contribution in [2.24, 2.45) is 0 Å². The molecule has 0 unspecified atom stereocenters. The second-order valence-electron chi connectivity index (χ2n) is 4.05. The highest BCUT2D eigenvalue weighted by atomic mass is 32.2. The molecule has 0 bridgehead atoms. The molecule has 0 saturated carbocycles. The fourth-order valence-corrected chi connectivity index (χ4v) is 2.82. The van der Waals surface area contributed by atoms with Crippen LogP contribution in [0.5, 0.6) is 0 Å². The summed E-state index contributed by atoms with van der Waals surface area (Å²) in [5, 5.41) is 1.65. The largest absolute Gasteiger partial charge is 0.231 e. The molecule has 0 aliphatic heterocycles. The van der Waals surface area contributed by atoms with E-state index in [0.29, 0.717) is 0 Å². The van der Waals surface area contributed by atoms with E-state index in [1.807, 2.05) is 26.0 Å². The highest BCUT2D eigenvalue weighted by molar-refractivity contribution is 7.99. The number of aryl methyl sites for hydroxylation is 2. The Bertz CT molecular complexity index is 535. The molecule has 2 aromatic heterocycles. The highest BCUT2D eigenvalue weighted by Gasteiger charge is 1.96. The van der Waals surface area contributed by atoms with Crippen LogP contribution < -0.4 is 0 Å². The quantitative estimate of drug-likeness (QED) is 0.463. The summed E-state index contributed by atoms with van der Waals surface area (Å²) in [5.41, 5.74) is 2.00. The van der Waals surface area contributed by atoms with Gasteiger partial charge in [0.2, 0.25) is 0 Å². The second-order valence-corrected chi connectivity index (χ2v) is 6.03. The lowest BCUT2D eigenvalue weighted by molar-refractivity contribution is 0.933. The van der Waals surface area contributed by atoms with E-state index in [1.165, 1.54) is 0 Å². The minimum absolute atomic E-state index is 0.823. The summed E-state index contributed by atoms with van der Waals surface area (Å²) in [7, 11) is 0. The van der Waals surface area contributed by atoms with Crippen LogP contribution >= 0.6 is 23.5 Å². The van der Waals surface area contributed by atoms with Crippen molar-refractivity contribution in [3.05, 3.63) is 48.1 Å². The second kappa shape index (κ2) is 8.01. The molecule has 0 atom stereocenters. The van der Waals surface area contributed by atoms with Crippen molar-refractivity contribution >= 4 is 23.5 Å². The number of aromatic nitrogens is 4. The maximum Gasteiger partial charge on any atom is 0.188 e. The van der Waals surface area contributed by atoms with Crippen molar-refractivity contribution in [3.63, 3.8) is 0 Å². The fourth-order valence-electron chi connectivity index (χ4n) is 1.37. The summed E-state index contributed by atoms with van der Waals surface area (Å²) in [4.78, 5) is 17.1. The van der Waals surface area contributed by atoms with Gasteiger partial charge in [0, 0.05) is 35.3 Å². The first-order valence-corrected chi connectivity index (χ1v) is 8.21. The molecule has 20 heavy (non-hydrogen) atoms.